The first-order chi connectivity index (χ1) is 21.1. The Labute approximate surface area is 274 Å². The molecule has 0 radical (unpaired) electrons. The lowest BCUT2D eigenvalue weighted by Crippen LogP contribution is -2.50. The number of hydrogen-bond donors (Lipinski definition) is 2. The lowest BCUT2D eigenvalue weighted by molar-refractivity contribution is -0.136. The fraction of sp³-hybridized carbons (Fsp3) is 0.600. The number of ether oxygens (including phenoxy) is 1. The van der Waals surface area contributed by atoms with Crippen LogP contribution in [0.3, 0.4) is 0 Å². The molecule has 0 saturated carbocycles. The predicted octanol–water partition coefficient (Wildman–Crippen LogP) is 8.35. The smallest absolute Gasteiger partial charge is 0.223 e. The molecule has 0 fully saturated rings. The molecule has 1 aliphatic carbocycles. The maximum Gasteiger partial charge on any atom is 0.223 e. The molecule has 0 bridgehead atoms. The molecule has 0 heterocycles. The van der Waals surface area contributed by atoms with Crippen LogP contribution in [0.25, 0.3) is 0 Å². The highest BCUT2D eigenvalue weighted by atomic mass is 16.5. The van der Waals surface area contributed by atoms with Crippen LogP contribution in [0.2, 0.25) is 0 Å². The Kier molecular flexibility index (Phi) is 13.8. The van der Waals surface area contributed by atoms with Crippen LogP contribution in [-0.2, 0) is 22.4 Å². The molecule has 3 N–H and O–H groups in total. The zero-order valence-corrected chi connectivity index (χ0v) is 30.0. The quantitative estimate of drug-likeness (QED) is 0.165. The van der Waals surface area contributed by atoms with E-state index in [-0.39, 0.29) is 39.9 Å². The van der Waals surface area contributed by atoms with Gasteiger partial charge in [-0.25, -0.2) is 0 Å². The molecule has 0 aliphatic heterocycles. The van der Waals surface area contributed by atoms with E-state index in [2.05, 4.69) is 104 Å². The number of benzene rings is 2. The molecule has 2 atom stereocenters. The minimum absolute atomic E-state index is 0.0351. The molecule has 5 heteroatoms. The number of amides is 2. The fourth-order valence-electron chi connectivity index (χ4n) is 6.17. The molecular weight excluding hydrogens is 556 g/mol. The predicted molar refractivity (Wildman–Crippen MR) is 188 cm³/mol. The van der Waals surface area contributed by atoms with E-state index in [1.54, 1.807) is 0 Å². The van der Waals surface area contributed by atoms with Crippen molar-refractivity contribution in [1.82, 2.24) is 5.32 Å². The van der Waals surface area contributed by atoms with Crippen molar-refractivity contribution in [3.05, 3.63) is 64.7 Å². The largest absolute Gasteiger partial charge is 0.492 e. The van der Waals surface area contributed by atoms with E-state index in [9.17, 15) is 9.59 Å². The van der Waals surface area contributed by atoms with Gasteiger partial charge in [0.25, 0.3) is 0 Å². The Morgan fingerprint density at radius 2 is 1.51 bits per heavy atom. The van der Waals surface area contributed by atoms with Crippen molar-refractivity contribution in [2.75, 3.05) is 13.2 Å². The Morgan fingerprint density at radius 3 is 2.11 bits per heavy atom. The highest BCUT2D eigenvalue weighted by Gasteiger charge is 2.49. The van der Waals surface area contributed by atoms with Crippen molar-refractivity contribution in [2.24, 2.45) is 39.7 Å². The van der Waals surface area contributed by atoms with Gasteiger partial charge >= 0.3 is 0 Å². The first kappa shape index (κ1) is 37.9. The van der Waals surface area contributed by atoms with Gasteiger partial charge in [0, 0.05) is 23.0 Å². The standard InChI is InChI=1S/C38H54N2O3.C2H6/c1-10-36(4,5)33(34(39)41)25-37(6,7)38(8,9)32(23-26(2)3)35(42)40-21-22-43-31-20-19-29-16-15-27-13-11-12-14-28(27)17-18-30(29)24-31;1-2/h11-14,19-20,24,26,32-33H,10,17-18,21-23,25H2,1-9H3,(H2,39,41)(H,40,42);1-2H3. The third-order valence-electron chi connectivity index (χ3n) is 10.3. The molecule has 2 aromatic rings. The summed E-state index contributed by atoms with van der Waals surface area (Å²) in [6.07, 6.45) is 4.10. The van der Waals surface area contributed by atoms with Crippen LogP contribution in [0.5, 0.6) is 5.75 Å². The monoisotopic (exact) mass is 616 g/mol. The molecule has 3 rings (SSSR count). The summed E-state index contributed by atoms with van der Waals surface area (Å²) >= 11 is 0. The SMILES string of the molecule is CC.CCC(C)(C)C(CC(C)(C)C(C)(C)C(CC(C)C)C(=O)NCCOc1ccc2c(c1)CCc1ccccc1C#C2)C(N)=O. The van der Waals surface area contributed by atoms with Crippen molar-refractivity contribution in [3.63, 3.8) is 0 Å². The molecule has 2 amide bonds. The van der Waals surface area contributed by atoms with Gasteiger partial charge in [0.15, 0.2) is 0 Å². The van der Waals surface area contributed by atoms with Gasteiger partial charge in [-0.05, 0) is 83.2 Å². The summed E-state index contributed by atoms with van der Waals surface area (Å²) in [5, 5.41) is 3.17. The number of nitrogens with two attached hydrogens (primary N) is 1. The van der Waals surface area contributed by atoms with E-state index in [1.807, 2.05) is 32.0 Å². The zero-order chi connectivity index (χ0) is 34.0. The number of rotatable bonds is 14. The Balaban J connectivity index is 0.00000345. The number of hydrogen-bond acceptors (Lipinski definition) is 3. The van der Waals surface area contributed by atoms with Crippen molar-refractivity contribution < 1.29 is 14.3 Å². The molecular formula is C40H60N2O3. The molecule has 2 unspecified atom stereocenters. The van der Waals surface area contributed by atoms with Gasteiger partial charge in [0.05, 0.1) is 6.54 Å². The number of carbonyl (C=O) groups excluding carboxylic acids is 2. The van der Waals surface area contributed by atoms with Crippen molar-refractivity contribution in [3.8, 4) is 17.6 Å². The average molecular weight is 617 g/mol. The van der Waals surface area contributed by atoms with Gasteiger partial charge in [-0.3, -0.25) is 9.59 Å². The second kappa shape index (κ2) is 16.3. The summed E-state index contributed by atoms with van der Waals surface area (Å²) in [4.78, 5) is 26.3. The van der Waals surface area contributed by atoms with Gasteiger partial charge in [-0.1, -0.05) is 113 Å². The summed E-state index contributed by atoms with van der Waals surface area (Å²) in [7, 11) is 0. The summed E-state index contributed by atoms with van der Waals surface area (Å²) in [6, 6.07) is 14.4. The average Bonchev–Trinajstić information content (AvgIpc) is 2.98. The molecule has 0 aromatic heterocycles. The van der Waals surface area contributed by atoms with Crippen molar-refractivity contribution in [2.45, 2.75) is 108 Å². The van der Waals surface area contributed by atoms with Crippen molar-refractivity contribution in [1.29, 1.82) is 0 Å². The molecule has 5 nitrogen and oxygen atoms in total. The molecule has 0 saturated heterocycles. The minimum Gasteiger partial charge on any atom is -0.492 e. The maximum absolute atomic E-state index is 13.7. The second-order valence-electron chi connectivity index (χ2n) is 14.7. The van der Waals surface area contributed by atoms with E-state index in [0.29, 0.717) is 25.5 Å². The van der Waals surface area contributed by atoms with Crippen LogP contribution < -0.4 is 15.8 Å². The maximum atomic E-state index is 13.7. The van der Waals surface area contributed by atoms with Gasteiger partial charge in [-0.2, -0.15) is 0 Å². The van der Waals surface area contributed by atoms with Crippen LogP contribution >= 0.6 is 0 Å². The number of nitrogens with one attached hydrogen (secondary N) is 1. The van der Waals surface area contributed by atoms with E-state index in [4.69, 9.17) is 10.5 Å². The number of primary amides is 1. The first-order valence-corrected chi connectivity index (χ1v) is 17.0. The third kappa shape index (κ3) is 9.86. The molecule has 1 aliphatic rings. The molecule has 248 valence electrons. The fourth-order valence-corrected chi connectivity index (χ4v) is 6.17. The van der Waals surface area contributed by atoms with E-state index in [1.165, 1.54) is 11.1 Å². The molecule has 45 heavy (non-hydrogen) atoms. The Hall–Kier alpha value is -3.26. The van der Waals surface area contributed by atoms with E-state index < -0.39 is 0 Å². The molecule has 2 aromatic carbocycles. The first-order valence-electron chi connectivity index (χ1n) is 17.0. The Morgan fingerprint density at radius 1 is 0.911 bits per heavy atom. The van der Waals surface area contributed by atoms with Gasteiger partial charge < -0.3 is 15.8 Å². The Bertz CT molecular complexity index is 1340. The summed E-state index contributed by atoms with van der Waals surface area (Å²) < 4.78 is 6.09. The third-order valence-corrected chi connectivity index (χ3v) is 10.3. The minimum atomic E-state index is -0.380. The van der Waals surface area contributed by atoms with Crippen LogP contribution in [-0.4, -0.2) is 25.0 Å². The number of fused-ring (bicyclic) bond motifs is 2. The summed E-state index contributed by atoms with van der Waals surface area (Å²) in [5.74, 6) is 7.06. The van der Waals surface area contributed by atoms with Crippen LogP contribution in [0.1, 0.15) is 118 Å². The van der Waals surface area contributed by atoms with E-state index in [0.717, 1.165) is 42.6 Å². The zero-order valence-electron chi connectivity index (χ0n) is 30.0. The van der Waals surface area contributed by atoms with Gasteiger partial charge in [-0.15, -0.1) is 0 Å². The number of carbonyl (C=O) groups is 2. The lowest BCUT2D eigenvalue weighted by Gasteiger charge is -2.49. The highest BCUT2D eigenvalue weighted by Crippen LogP contribution is 2.52. The lowest BCUT2D eigenvalue weighted by atomic mass is 9.55. The summed E-state index contributed by atoms with van der Waals surface area (Å²) in [5.41, 5.74) is 9.63. The van der Waals surface area contributed by atoms with Crippen molar-refractivity contribution >= 4 is 11.8 Å². The highest BCUT2D eigenvalue weighted by molar-refractivity contribution is 5.80. The van der Waals surface area contributed by atoms with E-state index >= 15 is 0 Å². The van der Waals surface area contributed by atoms with Gasteiger partial charge in [0.2, 0.25) is 11.8 Å². The van der Waals surface area contributed by atoms with Crippen LogP contribution in [0.15, 0.2) is 42.5 Å². The summed E-state index contributed by atoms with van der Waals surface area (Å²) in [6.45, 7) is 24.1. The van der Waals surface area contributed by atoms with Crippen LogP contribution in [0, 0.1) is 45.8 Å². The topological polar surface area (TPSA) is 81.4 Å². The number of aryl methyl sites for hydroxylation is 2. The molecule has 0 spiro atoms. The normalized spacial score (nSPS) is 14.2. The second-order valence-corrected chi connectivity index (χ2v) is 14.7. The van der Waals surface area contributed by atoms with Gasteiger partial charge in [0.1, 0.15) is 12.4 Å². The van der Waals surface area contributed by atoms with Crippen LogP contribution in [0.4, 0.5) is 0 Å².